The van der Waals surface area contributed by atoms with Crippen molar-refractivity contribution in [1.82, 2.24) is 10.3 Å². The average molecular weight is 311 g/mol. The Balaban J connectivity index is 2.34. The molecular weight excluding hydrogens is 299 g/mol. The number of aromatic carboxylic acids is 1. The van der Waals surface area contributed by atoms with Gasteiger partial charge >= 0.3 is 12.1 Å². The Morgan fingerprint density at radius 2 is 2.25 bits per heavy atom. The Kier molecular flexibility index (Phi) is 4.16. The standard InChI is InChI=1S/C10H12F3N3O3S/c11-10(12,13)9-15-6(8(18)19)7(20-9)16-2-1-14-5(3-16)4-17/h5,14,17H,1-4H2,(H,18,19)/t5-/m0/s1. The van der Waals surface area contributed by atoms with Crippen LogP contribution in [0.2, 0.25) is 0 Å². The summed E-state index contributed by atoms with van der Waals surface area (Å²) in [6.45, 7) is 0.861. The van der Waals surface area contributed by atoms with Crippen LogP contribution in [-0.2, 0) is 6.18 Å². The van der Waals surface area contributed by atoms with Crippen molar-refractivity contribution in [2.75, 3.05) is 31.1 Å². The number of alkyl halides is 3. The van der Waals surface area contributed by atoms with Gasteiger partial charge in [0, 0.05) is 25.7 Å². The number of thiazole rings is 1. The highest BCUT2D eigenvalue weighted by Gasteiger charge is 2.38. The summed E-state index contributed by atoms with van der Waals surface area (Å²) >= 11 is 0.313. The molecule has 1 aliphatic heterocycles. The molecule has 0 aliphatic carbocycles. The molecule has 112 valence electrons. The quantitative estimate of drug-likeness (QED) is 0.759. The van der Waals surface area contributed by atoms with Crippen LogP contribution in [-0.4, -0.2) is 53.4 Å². The summed E-state index contributed by atoms with van der Waals surface area (Å²) in [4.78, 5) is 15.7. The molecule has 20 heavy (non-hydrogen) atoms. The fourth-order valence-electron chi connectivity index (χ4n) is 1.92. The van der Waals surface area contributed by atoms with Gasteiger partial charge in [-0.3, -0.25) is 0 Å². The van der Waals surface area contributed by atoms with Gasteiger partial charge in [0.1, 0.15) is 5.00 Å². The van der Waals surface area contributed by atoms with Crippen molar-refractivity contribution in [3.05, 3.63) is 10.7 Å². The highest BCUT2D eigenvalue weighted by Crippen LogP contribution is 2.38. The number of anilines is 1. The number of nitrogens with one attached hydrogen (secondary N) is 1. The largest absolute Gasteiger partial charge is 0.476 e. The zero-order chi connectivity index (χ0) is 14.9. The molecule has 3 N–H and O–H groups in total. The normalized spacial score (nSPS) is 20.2. The van der Waals surface area contributed by atoms with Crippen LogP contribution in [0.15, 0.2) is 0 Å². The van der Waals surface area contributed by atoms with Crippen molar-refractivity contribution >= 4 is 22.3 Å². The Bertz CT molecular complexity index is 506. The summed E-state index contributed by atoms with van der Waals surface area (Å²) in [5.74, 6) is -1.49. The van der Waals surface area contributed by atoms with Crippen molar-refractivity contribution in [2.24, 2.45) is 0 Å². The Morgan fingerprint density at radius 3 is 2.80 bits per heavy atom. The zero-order valence-corrected chi connectivity index (χ0v) is 11.0. The lowest BCUT2D eigenvalue weighted by molar-refractivity contribution is -0.137. The second-order valence-corrected chi connectivity index (χ2v) is 5.23. The number of carboxylic acids is 1. The molecule has 0 radical (unpaired) electrons. The van der Waals surface area contributed by atoms with E-state index >= 15 is 0 Å². The maximum atomic E-state index is 12.6. The predicted octanol–water partition coefficient (Wildman–Crippen LogP) is 0.631. The number of hydrogen-bond acceptors (Lipinski definition) is 6. The van der Waals surface area contributed by atoms with Crippen molar-refractivity contribution in [2.45, 2.75) is 12.2 Å². The number of halogens is 3. The molecule has 1 aliphatic rings. The minimum Gasteiger partial charge on any atom is -0.476 e. The van der Waals surface area contributed by atoms with E-state index in [1.54, 1.807) is 0 Å². The third-order valence-corrected chi connectivity index (χ3v) is 3.98. The number of carbonyl (C=O) groups is 1. The highest BCUT2D eigenvalue weighted by molar-refractivity contribution is 7.16. The molecule has 0 unspecified atom stereocenters. The number of nitrogens with zero attached hydrogens (tertiary/aromatic N) is 2. The van der Waals surface area contributed by atoms with E-state index in [0.717, 1.165) is 0 Å². The van der Waals surface area contributed by atoms with Gasteiger partial charge in [-0.25, -0.2) is 9.78 Å². The third-order valence-electron chi connectivity index (χ3n) is 2.82. The lowest BCUT2D eigenvalue weighted by Crippen LogP contribution is -2.52. The van der Waals surface area contributed by atoms with Gasteiger partial charge in [0.15, 0.2) is 5.69 Å². The molecule has 1 aromatic rings. The fourth-order valence-corrected chi connectivity index (χ4v) is 2.88. The molecule has 10 heteroatoms. The van der Waals surface area contributed by atoms with Crippen LogP contribution in [0.1, 0.15) is 15.5 Å². The van der Waals surface area contributed by atoms with Crippen molar-refractivity contribution in [3.8, 4) is 0 Å². The number of aliphatic hydroxyl groups is 1. The summed E-state index contributed by atoms with van der Waals surface area (Å²) in [6, 6.07) is -0.304. The van der Waals surface area contributed by atoms with Crippen LogP contribution >= 0.6 is 11.3 Å². The number of aromatic nitrogens is 1. The first-order chi connectivity index (χ1) is 9.32. The molecule has 1 saturated heterocycles. The van der Waals surface area contributed by atoms with Gasteiger partial charge in [0.2, 0.25) is 5.01 Å². The van der Waals surface area contributed by atoms with Crippen LogP contribution in [0.25, 0.3) is 0 Å². The lowest BCUT2D eigenvalue weighted by Gasteiger charge is -2.33. The summed E-state index contributed by atoms with van der Waals surface area (Å²) in [5, 5.41) is 19.8. The number of carboxylic acid groups (broad SMARTS) is 1. The Labute approximate surface area is 115 Å². The van der Waals surface area contributed by atoms with E-state index in [0.29, 0.717) is 24.4 Å². The molecule has 2 rings (SSSR count). The van der Waals surface area contributed by atoms with Crippen LogP contribution < -0.4 is 10.2 Å². The monoisotopic (exact) mass is 311 g/mol. The van der Waals surface area contributed by atoms with Gasteiger partial charge in [-0.05, 0) is 0 Å². The minimum atomic E-state index is -4.67. The number of rotatable bonds is 3. The molecular formula is C10H12F3N3O3S. The van der Waals surface area contributed by atoms with E-state index in [9.17, 15) is 18.0 Å². The minimum absolute atomic E-state index is 0.0234. The highest BCUT2D eigenvalue weighted by atomic mass is 32.1. The summed E-state index contributed by atoms with van der Waals surface area (Å²) in [6.07, 6.45) is -4.67. The van der Waals surface area contributed by atoms with Gasteiger partial charge in [-0.15, -0.1) is 0 Å². The first-order valence-electron chi connectivity index (χ1n) is 5.73. The van der Waals surface area contributed by atoms with E-state index in [-0.39, 0.29) is 24.2 Å². The number of aliphatic hydroxyl groups excluding tert-OH is 1. The fraction of sp³-hybridized carbons (Fsp3) is 0.600. The van der Waals surface area contributed by atoms with Gasteiger partial charge < -0.3 is 20.4 Å². The zero-order valence-electron chi connectivity index (χ0n) is 10.1. The molecule has 0 aromatic carbocycles. The van der Waals surface area contributed by atoms with Crippen LogP contribution in [0.5, 0.6) is 0 Å². The number of piperazine rings is 1. The van der Waals surface area contributed by atoms with Gasteiger partial charge in [0.25, 0.3) is 0 Å². The van der Waals surface area contributed by atoms with Crippen LogP contribution in [0.3, 0.4) is 0 Å². The van der Waals surface area contributed by atoms with E-state index in [1.807, 2.05) is 0 Å². The molecule has 1 aromatic heterocycles. The predicted molar refractivity (Wildman–Crippen MR) is 65.2 cm³/mol. The summed E-state index contributed by atoms with van der Waals surface area (Å²) in [7, 11) is 0. The maximum Gasteiger partial charge on any atom is 0.443 e. The van der Waals surface area contributed by atoms with Gasteiger partial charge in [-0.1, -0.05) is 11.3 Å². The molecule has 0 bridgehead atoms. The van der Waals surface area contributed by atoms with E-state index < -0.39 is 22.8 Å². The van der Waals surface area contributed by atoms with E-state index in [2.05, 4.69) is 10.3 Å². The maximum absolute atomic E-state index is 12.6. The molecule has 1 fully saturated rings. The van der Waals surface area contributed by atoms with Crippen molar-refractivity contribution in [1.29, 1.82) is 0 Å². The first kappa shape index (κ1) is 15.0. The molecule has 2 heterocycles. The first-order valence-corrected chi connectivity index (χ1v) is 6.55. The van der Waals surface area contributed by atoms with E-state index in [4.69, 9.17) is 10.2 Å². The van der Waals surface area contributed by atoms with Crippen LogP contribution in [0, 0.1) is 0 Å². The van der Waals surface area contributed by atoms with E-state index in [1.165, 1.54) is 4.90 Å². The summed E-state index contributed by atoms with van der Waals surface area (Å²) in [5.41, 5.74) is -0.596. The molecule has 0 spiro atoms. The third kappa shape index (κ3) is 3.02. The second-order valence-electron chi connectivity index (χ2n) is 4.26. The Hall–Kier alpha value is -1.39. The van der Waals surface area contributed by atoms with Gasteiger partial charge in [-0.2, -0.15) is 13.2 Å². The lowest BCUT2D eigenvalue weighted by atomic mass is 10.2. The molecule has 6 nitrogen and oxygen atoms in total. The molecule has 1 atom stereocenters. The van der Waals surface area contributed by atoms with Crippen molar-refractivity contribution < 1.29 is 28.2 Å². The Morgan fingerprint density at radius 1 is 1.55 bits per heavy atom. The average Bonchev–Trinajstić information content (AvgIpc) is 2.84. The second kappa shape index (κ2) is 5.54. The topological polar surface area (TPSA) is 85.7 Å². The summed E-state index contributed by atoms with van der Waals surface area (Å²) < 4.78 is 37.9. The SMILES string of the molecule is O=C(O)c1nc(C(F)(F)F)sc1N1CCN[C@H](CO)C1. The molecule has 0 amide bonds. The van der Waals surface area contributed by atoms with Crippen LogP contribution in [0.4, 0.5) is 18.2 Å². The van der Waals surface area contributed by atoms with Crippen molar-refractivity contribution in [3.63, 3.8) is 0 Å². The molecule has 0 saturated carbocycles. The smallest absolute Gasteiger partial charge is 0.443 e. The van der Waals surface area contributed by atoms with Gasteiger partial charge in [0.05, 0.1) is 6.61 Å². The number of hydrogen-bond donors (Lipinski definition) is 3.